The van der Waals surface area contributed by atoms with Gasteiger partial charge in [0.2, 0.25) is 5.90 Å². The number of nitrogens with one attached hydrogen (secondary N) is 1. The van der Waals surface area contributed by atoms with Crippen LogP contribution in [0, 0.1) is 0 Å². The number of carbonyl (C=O) groups excluding carboxylic acids is 1. The van der Waals surface area contributed by atoms with E-state index in [4.69, 9.17) is 48.3 Å². The van der Waals surface area contributed by atoms with Gasteiger partial charge in [-0.3, -0.25) is 4.79 Å². The van der Waals surface area contributed by atoms with Crippen molar-refractivity contribution in [2.75, 3.05) is 19.8 Å². The van der Waals surface area contributed by atoms with Gasteiger partial charge in [-0.15, -0.1) is 0 Å². The molecule has 12 nitrogen and oxygen atoms in total. The van der Waals surface area contributed by atoms with Crippen LogP contribution >= 0.6 is 23.2 Å². The predicted molar refractivity (Wildman–Crippen MR) is 188 cm³/mol. The number of ether oxygens (including phenoxy) is 2. The molecule has 2 N–H and O–H groups in total. The van der Waals surface area contributed by atoms with Crippen molar-refractivity contribution < 1.29 is 19.4 Å². The van der Waals surface area contributed by atoms with Crippen molar-refractivity contribution in [1.82, 2.24) is 5.32 Å². The number of aliphatic hydroxyl groups excluding tert-OH is 1. The minimum absolute atomic E-state index is 0.00208. The van der Waals surface area contributed by atoms with E-state index in [0.29, 0.717) is 63.2 Å². The molecule has 49 heavy (non-hydrogen) atoms. The summed E-state index contributed by atoms with van der Waals surface area (Å²) in [4.78, 5) is 25.7. The van der Waals surface area contributed by atoms with E-state index in [9.17, 15) is 10.3 Å². The Hall–Kier alpha value is -5.22. The Morgan fingerprint density at radius 1 is 0.980 bits per heavy atom. The Morgan fingerprint density at radius 2 is 1.73 bits per heavy atom. The lowest BCUT2D eigenvalue weighted by molar-refractivity contribution is -0.128. The van der Waals surface area contributed by atoms with Gasteiger partial charge < -0.3 is 19.9 Å². The van der Waals surface area contributed by atoms with Crippen molar-refractivity contribution in [1.29, 1.82) is 0 Å². The molecular formula is C35H32Cl2N8O4. The van der Waals surface area contributed by atoms with E-state index in [1.54, 1.807) is 60.7 Å². The van der Waals surface area contributed by atoms with Gasteiger partial charge in [0.1, 0.15) is 5.75 Å². The monoisotopic (exact) mass is 698 g/mol. The molecule has 1 amide bonds. The maximum atomic E-state index is 14.7. The largest absolute Gasteiger partial charge is 0.494 e. The summed E-state index contributed by atoms with van der Waals surface area (Å²) in [5.74, 6) is 0.374. The number of azide groups is 2. The molecule has 0 fully saturated rings. The van der Waals surface area contributed by atoms with Gasteiger partial charge in [-0.25, -0.2) is 4.99 Å². The van der Waals surface area contributed by atoms with Crippen LogP contribution in [0.1, 0.15) is 40.3 Å². The Bertz CT molecular complexity index is 1930. The molecule has 14 heteroatoms. The summed E-state index contributed by atoms with van der Waals surface area (Å²) >= 11 is 12.5. The van der Waals surface area contributed by atoms with Gasteiger partial charge in [0.25, 0.3) is 5.91 Å². The standard InChI is InChI=1S/C35H32Cl2N8O4/c36-27-13-10-23(30(37)20-27)16-17-40-34(47)35(21-25-6-2-4-9-31(25)43-45-39)32(29-8-3-1-7-26(29)22-41-44-38)49-33(42-35)24-11-14-28(15-12-24)48-19-5-18-46/h1-4,6-15,20,32,46H,5,16-19,21-22H2,(H,40,47)/t32-,35-/m1/s1. The van der Waals surface area contributed by atoms with Gasteiger partial charge in [0, 0.05) is 57.1 Å². The third-order valence-electron chi connectivity index (χ3n) is 7.97. The molecule has 2 atom stereocenters. The first-order valence-corrected chi connectivity index (χ1v) is 16.2. The summed E-state index contributed by atoms with van der Waals surface area (Å²) in [6.07, 6.45) is -0.0673. The van der Waals surface area contributed by atoms with Crippen LogP contribution in [0.3, 0.4) is 0 Å². The predicted octanol–water partition coefficient (Wildman–Crippen LogP) is 8.37. The zero-order valence-electron chi connectivity index (χ0n) is 26.2. The molecule has 4 aromatic rings. The number of aliphatic hydroxyl groups is 1. The quantitative estimate of drug-likeness (QED) is 0.0548. The van der Waals surface area contributed by atoms with E-state index in [2.05, 4.69) is 25.4 Å². The Balaban J connectivity index is 1.61. The molecule has 0 aromatic heterocycles. The van der Waals surface area contributed by atoms with Crippen molar-refractivity contribution >= 4 is 40.7 Å². The SMILES string of the molecule is [N-]=[N+]=NCc1ccccc1[C@H]1OC(c2ccc(OCCCO)cc2)=N[C@@]1(Cc1ccccc1N=[N+]=[N-])C(=O)NCCc1ccc(Cl)cc1Cl. The lowest BCUT2D eigenvalue weighted by Crippen LogP contribution is -2.50. The molecule has 5 rings (SSSR count). The average molecular weight is 700 g/mol. The zero-order valence-corrected chi connectivity index (χ0v) is 27.8. The molecule has 0 radical (unpaired) electrons. The summed E-state index contributed by atoms with van der Waals surface area (Å²) in [5, 5.41) is 20.8. The second kappa shape index (κ2) is 16.7. The van der Waals surface area contributed by atoms with Crippen LogP contribution in [-0.4, -0.2) is 42.2 Å². The van der Waals surface area contributed by atoms with Crippen molar-refractivity contribution in [3.8, 4) is 5.75 Å². The molecule has 1 aliphatic rings. The number of nitrogens with zero attached hydrogens (tertiary/aromatic N) is 7. The van der Waals surface area contributed by atoms with Crippen molar-refractivity contribution in [3.63, 3.8) is 0 Å². The van der Waals surface area contributed by atoms with Gasteiger partial charge in [-0.05, 0) is 76.1 Å². The van der Waals surface area contributed by atoms with E-state index < -0.39 is 17.6 Å². The molecule has 0 saturated heterocycles. The fourth-order valence-corrected chi connectivity index (χ4v) is 6.09. The average Bonchev–Trinajstić information content (AvgIpc) is 3.50. The third-order valence-corrected chi connectivity index (χ3v) is 8.56. The van der Waals surface area contributed by atoms with Gasteiger partial charge in [0.15, 0.2) is 11.6 Å². The lowest BCUT2D eigenvalue weighted by Gasteiger charge is -2.32. The van der Waals surface area contributed by atoms with Gasteiger partial charge in [-0.1, -0.05) is 88.0 Å². The van der Waals surface area contributed by atoms with E-state index in [1.165, 1.54) is 0 Å². The maximum Gasteiger partial charge on any atom is 0.252 e. The second-order valence-electron chi connectivity index (χ2n) is 11.1. The van der Waals surface area contributed by atoms with Crippen LogP contribution in [0.5, 0.6) is 5.75 Å². The van der Waals surface area contributed by atoms with E-state index in [0.717, 1.165) is 5.56 Å². The minimum atomic E-state index is -1.61. The fraction of sp³-hybridized carbons (Fsp3) is 0.257. The van der Waals surface area contributed by atoms with Crippen LogP contribution < -0.4 is 10.1 Å². The normalized spacial score (nSPS) is 16.5. The molecule has 4 aromatic carbocycles. The molecule has 0 spiro atoms. The highest BCUT2D eigenvalue weighted by Crippen LogP contribution is 2.45. The van der Waals surface area contributed by atoms with Crippen LogP contribution in [0.2, 0.25) is 10.0 Å². The summed E-state index contributed by atoms with van der Waals surface area (Å²) in [7, 11) is 0. The maximum absolute atomic E-state index is 14.7. The Kier molecular flexibility index (Phi) is 12.0. The molecule has 1 heterocycles. The van der Waals surface area contributed by atoms with Crippen LogP contribution in [-0.2, 0) is 28.9 Å². The highest BCUT2D eigenvalue weighted by molar-refractivity contribution is 6.35. The van der Waals surface area contributed by atoms with Crippen molar-refractivity contribution in [3.05, 3.63) is 150 Å². The summed E-state index contributed by atoms with van der Waals surface area (Å²) < 4.78 is 12.3. The Morgan fingerprint density at radius 3 is 2.47 bits per heavy atom. The molecule has 0 aliphatic carbocycles. The molecule has 0 unspecified atom stereocenters. The first-order chi connectivity index (χ1) is 23.9. The number of aliphatic imine (C=N–C) groups is 1. The molecule has 250 valence electrons. The van der Waals surface area contributed by atoms with Crippen molar-refractivity contribution in [2.24, 2.45) is 15.2 Å². The summed E-state index contributed by atoms with van der Waals surface area (Å²) in [6.45, 7) is 0.610. The number of hydrogen-bond acceptors (Lipinski definition) is 7. The van der Waals surface area contributed by atoms with Gasteiger partial charge in [0.05, 0.1) is 13.2 Å². The van der Waals surface area contributed by atoms with Gasteiger partial charge in [-0.2, -0.15) is 0 Å². The molecule has 0 saturated carbocycles. The van der Waals surface area contributed by atoms with Crippen LogP contribution in [0.4, 0.5) is 5.69 Å². The number of hydrogen-bond donors (Lipinski definition) is 2. The molecular weight excluding hydrogens is 667 g/mol. The summed E-state index contributed by atoms with van der Waals surface area (Å²) in [5.41, 5.74) is 20.4. The van der Waals surface area contributed by atoms with E-state index in [-0.39, 0.29) is 32.0 Å². The molecule has 0 bridgehead atoms. The van der Waals surface area contributed by atoms with Gasteiger partial charge >= 0.3 is 0 Å². The van der Waals surface area contributed by atoms with Crippen LogP contribution in [0.25, 0.3) is 20.9 Å². The highest BCUT2D eigenvalue weighted by Gasteiger charge is 2.54. The third kappa shape index (κ3) is 8.45. The van der Waals surface area contributed by atoms with E-state index in [1.807, 2.05) is 30.3 Å². The summed E-state index contributed by atoms with van der Waals surface area (Å²) in [6, 6.07) is 26.5. The number of rotatable bonds is 15. The minimum Gasteiger partial charge on any atom is -0.494 e. The number of amides is 1. The highest BCUT2D eigenvalue weighted by atomic mass is 35.5. The number of benzene rings is 4. The second-order valence-corrected chi connectivity index (χ2v) is 12.0. The first-order valence-electron chi connectivity index (χ1n) is 15.4. The lowest BCUT2D eigenvalue weighted by atomic mass is 9.80. The topological polar surface area (TPSA) is 178 Å². The first kappa shape index (κ1) is 35.1. The Labute approximate surface area is 292 Å². The van der Waals surface area contributed by atoms with E-state index >= 15 is 0 Å². The van der Waals surface area contributed by atoms with Crippen molar-refractivity contribution in [2.45, 2.75) is 37.5 Å². The number of carbonyl (C=O) groups is 1. The number of halogens is 2. The smallest absolute Gasteiger partial charge is 0.252 e. The fourth-order valence-electron chi connectivity index (χ4n) is 5.59. The molecule has 1 aliphatic heterocycles. The zero-order chi connectivity index (χ0) is 34.6. The van der Waals surface area contributed by atoms with Crippen LogP contribution in [0.15, 0.2) is 106 Å².